The number of benzene rings is 3. The molecule has 4 aromatic rings. The Labute approximate surface area is 173 Å². The van der Waals surface area contributed by atoms with Crippen LogP contribution in [0.15, 0.2) is 60.7 Å². The Morgan fingerprint density at radius 2 is 1.63 bits per heavy atom. The highest BCUT2D eigenvalue weighted by Crippen LogP contribution is 2.33. The largest absolute Gasteiger partial charge is 0.366 e. The van der Waals surface area contributed by atoms with Gasteiger partial charge in [0.1, 0.15) is 0 Å². The van der Waals surface area contributed by atoms with E-state index in [1.165, 1.54) is 0 Å². The molecule has 30 heavy (non-hydrogen) atoms. The van der Waals surface area contributed by atoms with E-state index in [1.54, 1.807) is 0 Å². The van der Waals surface area contributed by atoms with Crippen molar-refractivity contribution in [2.45, 2.75) is 0 Å². The van der Waals surface area contributed by atoms with E-state index < -0.39 is 5.91 Å². The Hall–Kier alpha value is -3.64. The highest BCUT2D eigenvalue weighted by Gasteiger charge is 2.20. The Kier molecular flexibility index (Phi) is 4.48. The molecule has 1 aromatic heterocycles. The number of piperazine rings is 1. The van der Waals surface area contributed by atoms with E-state index in [0.717, 1.165) is 40.5 Å². The molecule has 1 fully saturated rings. The summed E-state index contributed by atoms with van der Waals surface area (Å²) in [5.41, 5.74) is 10.2. The molecule has 6 nitrogen and oxygen atoms in total. The minimum absolute atomic E-state index is 0.0251. The van der Waals surface area contributed by atoms with Crippen molar-refractivity contribution in [1.82, 2.24) is 15.2 Å². The van der Waals surface area contributed by atoms with Crippen LogP contribution in [-0.2, 0) is 0 Å². The van der Waals surface area contributed by atoms with Gasteiger partial charge in [0.2, 0.25) is 0 Å². The minimum Gasteiger partial charge on any atom is -0.366 e. The molecule has 6 heteroatoms. The molecule has 0 radical (unpaired) electrons. The molecule has 150 valence electrons. The van der Waals surface area contributed by atoms with Crippen LogP contribution >= 0.6 is 0 Å². The molecule has 5 rings (SSSR count). The topological polar surface area (TPSA) is 91.2 Å². The standard InChI is InChI=1S/C24H22N4O2/c25-23(29)20-13-17(15-4-2-1-3-5-15)12-19-18-7-6-16(14-21(18)27-22(19)20)24(30)28-10-8-26-9-11-28/h1-7,12-14,26-27H,8-11H2,(H2,25,29). The smallest absolute Gasteiger partial charge is 0.254 e. The summed E-state index contributed by atoms with van der Waals surface area (Å²) < 4.78 is 0. The lowest BCUT2D eigenvalue weighted by Gasteiger charge is -2.27. The maximum atomic E-state index is 12.9. The number of nitrogens with one attached hydrogen (secondary N) is 2. The van der Waals surface area contributed by atoms with Crippen molar-refractivity contribution < 1.29 is 9.59 Å². The molecule has 3 aromatic carbocycles. The monoisotopic (exact) mass is 398 g/mol. The first-order valence-corrected chi connectivity index (χ1v) is 10.1. The third kappa shape index (κ3) is 3.11. The van der Waals surface area contributed by atoms with Crippen LogP contribution in [0.3, 0.4) is 0 Å². The van der Waals surface area contributed by atoms with Gasteiger partial charge in [-0.05, 0) is 35.4 Å². The predicted octanol–water partition coefficient (Wildman–Crippen LogP) is 3.13. The summed E-state index contributed by atoms with van der Waals surface area (Å²) >= 11 is 0. The van der Waals surface area contributed by atoms with Crippen LogP contribution in [0, 0.1) is 0 Å². The number of hydrogen-bond donors (Lipinski definition) is 3. The van der Waals surface area contributed by atoms with Crippen molar-refractivity contribution in [2.75, 3.05) is 26.2 Å². The number of carbonyl (C=O) groups excluding carboxylic acids is 2. The summed E-state index contributed by atoms with van der Waals surface area (Å²) in [5, 5.41) is 5.14. The zero-order chi connectivity index (χ0) is 20.7. The lowest BCUT2D eigenvalue weighted by atomic mass is 9.98. The number of rotatable bonds is 3. The average Bonchev–Trinajstić information content (AvgIpc) is 3.16. The number of hydrogen-bond acceptors (Lipinski definition) is 3. The number of fused-ring (bicyclic) bond motifs is 3. The molecule has 2 amide bonds. The van der Waals surface area contributed by atoms with E-state index in [1.807, 2.05) is 59.5 Å². The highest BCUT2D eigenvalue weighted by atomic mass is 16.2. The van der Waals surface area contributed by atoms with Gasteiger partial charge in [0, 0.05) is 48.0 Å². The predicted molar refractivity (Wildman–Crippen MR) is 119 cm³/mol. The summed E-state index contributed by atoms with van der Waals surface area (Å²) in [6, 6.07) is 19.5. The summed E-state index contributed by atoms with van der Waals surface area (Å²) in [6.07, 6.45) is 0. The van der Waals surface area contributed by atoms with Gasteiger partial charge in [0.25, 0.3) is 11.8 Å². The van der Waals surface area contributed by atoms with Crippen LogP contribution in [0.25, 0.3) is 32.9 Å². The third-order valence-corrected chi connectivity index (χ3v) is 5.73. The van der Waals surface area contributed by atoms with Crippen molar-refractivity contribution in [1.29, 1.82) is 0 Å². The second-order valence-electron chi connectivity index (χ2n) is 7.60. The molecule has 1 saturated heterocycles. The number of H-pyrrole nitrogens is 1. The molecule has 0 aliphatic carbocycles. The second-order valence-corrected chi connectivity index (χ2v) is 7.60. The van der Waals surface area contributed by atoms with E-state index in [9.17, 15) is 9.59 Å². The highest BCUT2D eigenvalue weighted by molar-refractivity contribution is 6.17. The van der Waals surface area contributed by atoms with Gasteiger partial charge in [0.15, 0.2) is 0 Å². The normalized spacial score (nSPS) is 14.3. The van der Waals surface area contributed by atoms with Crippen LogP contribution in [0.4, 0.5) is 0 Å². The number of aromatic nitrogens is 1. The van der Waals surface area contributed by atoms with E-state index >= 15 is 0 Å². The Balaban J connectivity index is 1.65. The third-order valence-electron chi connectivity index (χ3n) is 5.73. The van der Waals surface area contributed by atoms with Crippen molar-refractivity contribution in [2.24, 2.45) is 5.73 Å². The van der Waals surface area contributed by atoms with Crippen LogP contribution in [0.1, 0.15) is 20.7 Å². The van der Waals surface area contributed by atoms with E-state index in [4.69, 9.17) is 5.73 Å². The molecule has 0 saturated carbocycles. The number of nitrogens with two attached hydrogens (primary N) is 1. The SMILES string of the molecule is NC(=O)c1cc(-c2ccccc2)cc2c1[nH]c1cc(C(=O)N3CCNCC3)ccc12. The zero-order valence-electron chi connectivity index (χ0n) is 16.4. The van der Waals surface area contributed by atoms with Gasteiger partial charge in [-0.2, -0.15) is 0 Å². The number of carbonyl (C=O) groups is 2. The number of aromatic amines is 1. The van der Waals surface area contributed by atoms with Gasteiger partial charge in [-0.15, -0.1) is 0 Å². The van der Waals surface area contributed by atoms with Gasteiger partial charge in [-0.3, -0.25) is 9.59 Å². The minimum atomic E-state index is -0.485. The second kappa shape index (κ2) is 7.31. The molecule has 2 heterocycles. The maximum absolute atomic E-state index is 12.9. The molecule has 4 N–H and O–H groups in total. The van der Waals surface area contributed by atoms with Gasteiger partial charge in [-0.1, -0.05) is 36.4 Å². The van der Waals surface area contributed by atoms with Crippen molar-refractivity contribution in [3.05, 3.63) is 71.8 Å². The van der Waals surface area contributed by atoms with E-state index in [0.29, 0.717) is 29.7 Å². The Morgan fingerprint density at radius 3 is 2.37 bits per heavy atom. The van der Waals surface area contributed by atoms with Crippen LogP contribution in [-0.4, -0.2) is 47.9 Å². The molecule has 0 atom stereocenters. The van der Waals surface area contributed by atoms with Crippen LogP contribution in [0.2, 0.25) is 0 Å². The van der Waals surface area contributed by atoms with Crippen molar-refractivity contribution >= 4 is 33.6 Å². The number of primary amides is 1. The van der Waals surface area contributed by atoms with Crippen LogP contribution in [0.5, 0.6) is 0 Å². The Morgan fingerprint density at radius 1 is 0.867 bits per heavy atom. The fraction of sp³-hybridized carbons (Fsp3) is 0.167. The van der Waals surface area contributed by atoms with Gasteiger partial charge in [-0.25, -0.2) is 0 Å². The number of amides is 2. The Bertz CT molecular complexity index is 1270. The number of nitrogens with zero attached hydrogens (tertiary/aromatic N) is 1. The summed E-state index contributed by atoms with van der Waals surface area (Å²) in [4.78, 5) is 30.3. The lowest BCUT2D eigenvalue weighted by Crippen LogP contribution is -2.46. The lowest BCUT2D eigenvalue weighted by molar-refractivity contribution is 0.0735. The molecular weight excluding hydrogens is 376 g/mol. The molecule has 1 aliphatic rings. The first kappa shape index (κ1) is 18.4. The fourth-order valence-corrected chi connectivity index (χ4v) is 4.18. The molecule has 0 spiro atoms. The van der Waals surface area contributed by atoms with Gasteiger partial charge < -0.3 is 20.9 Å². The van der Waals surface area contributed by atoms with Crippen molar-refractivity contribution in [3.8, 4) is 11.1 Å². The molecule has 0 bridgehead atoms. The first-order valence-electron chi connectivity index (χ1n) is 10.1. The van der Waals surface area contributed by atoms with E-state index in [2.05, 4.69) is 16.4 Å². The molecule has 1 aliphatic heterocycles. The average molecular weight is 398 g/mol. The first-order chi connectivity index (χ1) is 14.6. The molecular formula is C24H22N4O2. The summed E-state index contributed by atoms with van der Waals surface area (Å²) in [7, 11) is 0. The summed E-state index contributed by atoms with van der Waals surface area (Å²) in [6.45, 7) is 3.03. The van der Waals surface area contributed by atoms with Gasteiger partial charge in [0.05, 0.1) is 11.1 Å². The zero-order valence-corrected chi connectivity index (χ0v) is 16.4. The molecule has 0 unspecified atom stereocenters. The van der Waals surface area contributed by atoms with E-state index in [-0.39, 0.29) is 5.91 Å². The summed E-state index contributed by atoms with van der Waals surface area (Å²) in [5.74, 6) is -0.460. The van der Waals surface area contributed by atoms with Crippen molar-refractivity contribution in [3.63, 3.8) is 0 Å². The maximum Gasteiger partial charge on any atom is 0.254 e. The fourth-order valence-electron chi connectivity index (χ4n) is 4.18. The van der Waals surface area contributed by atoms with Gasteiger partial charge >= 0.3 is 0 Å². The van der Waals surface area contributed by atoms with Crippen LogP contribution < -0.4 is 11.1 Å². The quantitative estimate of drug-likeness (QED) is 0.495.